The molecule has 0 saturated heterocycles. The zero-order chi connectivity index (χ0) is 13.8. The summed E-state index contributed by atoms with van der Waals surface area (Å²) in [6.45, 7) is 0.639. The van der Waals surface area contributed by atoms with E-state index in [0.29, 0.717) is 6.54 Å². The number of likely N-dealkylation sites (N-methyl/N-ethyl adjacent to an activating group) is 1. The molecule has 1 aromatic heterocycles. The summed E-state index contributed by atoms with van der Waals surface area (Å²) in [6.07, 6.45) is 0. The summed E-state index contributed by atoms with van der Waals surface area (Å²) in [7, 11) is 1.88. The van der Waals surface area contributed by atoms with Crippen molar-refractivity contribution >= 4 is 28.8 Å². The molecule has 0 spiro atoms. The van der Waals surface area contributed by atoms with Crippen molar-refractivity contribution in [3.05, 3.63) is 57.2 Å². The number of hydrogen-bond donors (Lipinski definition) is 1. The molecule has 0 fully saturated rings. The molecular formula is C14H15ClN2OS. The van der Waals surface area contributed by atoms with Crippen molar-refractivity contribution in [3.8, 4) is 0 Å². The van der Waals surface area contributed by atoms with E-state index in [0.717, 1.165) is 14.8 Å². The van der Waals surface area contributed by atoms with E-state index in [1.807, 2.05) is 54.4 Å². The maximum atomic E-state index is 11.7. The molecule has 0 aliphatic rings. The van der Waals surface area contributed by atoms with E-state index in [-0.39, 0.29) is 5.91 Å². The van der Waals surface area contributed by atoms with Crippen LogP contribution in [0.4, 0.5) is 0 Å². The highest BCUT2D eigenvalue weighted by molar-refractivity contribution is 7.16. The molecule has 1 aromatic carbocycles. The van der Waals surface area contributed by atoms with Crippen molar-refractivity contribution in [1.29, 1.82) is 0 Å². The van der Waals surface area contributed by atoms with E-state index in [1.165, 1.54) is 11.3 Å². The maximum absolute atomic E-state index is 11.7. The van der Waals surface area contributed by atoms with Crippen LogP contribution in [0.5, 0.6) is 0 Å². The van der Waals surface area contributed by atoms with Gasteiger partial charge in [0.05, 0.1) is 4.34 Å². The number of amides is 1. The van der Waals surface area contributed by atoms with Gasteiger partial charge in [0.25, 0.3) is 0 Å². The van der Waals surface area contributed by atoms with Gasteiger partial charge in [-0.3, -0.25) is 9.69 Å². The maximum Gasteiger partial charge on any atom is 0.239 e. The summed E-state index contributed by atoms with van der Waals surface area (Å²) in [5.41, 5.74) is 6.43. The highest BCUT2D eigenvalue weighted by atomic mass is 35.5. The molecule has 0 bridgehead atoms. The Morgan fingerprint density at radius 1 is 1.32 bits per heavy atom. The number of nitrogens with two attached hydrogens (primary N) is 1. The summed E-state index contributed by atoms with van der Waals surface area (Å²) < 4.78 is 0.749. The standard InChI is InChI=1S/C14H15ClN2OS/c1-17(9-11-7-8-12(15)19-11)13(14(16)18)10-5-3-2-4-6-10/h2-8,13H,9H2,1H3,(H2,16,18)/t13-/m0/s1. The van der Waals surface area contributed by atoms with Crippen LogP contribution >= 0.6 is 22.9 Å². The average molecular weight is 295 g/mol. The third-order valence-electron chi connectivity index (χ3n) is 2.86. The minimum absolute atomic E-state index is 0.351. The molecule has 0 aliphatic heterocycles. The zero-order valence-electron chi connectivity index (χ0n) is 10.5. The van der Waals surface area contributed by atoms with Gasteiger partial charge in [0.15, 0.2) is 0 Å². The van der Waals surface area contributed by atoms with E-state index in [2.05, 4.69) is 0 Å². The van der Waals surface area contributed by atoms with Crippen molar-refractivity contribution < 1.29 is 4.79 Å². The topological polar surface area (TPSA) is 46.3 Å². The van der Waals surface area contributed by atoms with Gasteiger partial charge in [-0.2, -0.15) is 0 Å². The first-order chi connectivity index (χ1) is 9.08. The van der Waals surface area contributed by atoms with E-state index in [1.54, 1.807) is 0 Å². The number of benzene rings is 1. The molecule has 0 radical (unpaired) electrons. The number of halogens is 1. The molecule has 1 heterocycles. The van der Waals surface area contributed by atoms with Gasteiger partial charge in [-0.15, -0.1) is 11.3 Å². The van der Waals surface area contributed by atoms with Crippen LogP contribution in [-0.4, -0.2) is 17.9 Å². The van der Waals surface area contributed by atoms with Crippen LogP contribution in [0.25, 0.3) is 0 Å². The van der Waals surface area contributed by atoms with Crippen LogP contribution in [0, 0.1) is 0 Å². The minimum atomic E-state index is -0.429. The molecule has 100 valence electrons. The highest BCUT2D eigenvalue weighted by Gasteiger charge is 2.22. The second-order valence-electron chi connectivity index (χ2n) is 4.34. The van der Waals surface area contributed by atoms with E-state index in [4.69, 9.17) is 17.3 Å². The lowest BCUT2D eigenvalue weighted by Crippen LogP contribution is -2.34. The molecule has 19 heavy (non-hydrogen) atoms. The Hall–Kier alpha value is -1.36. The fourth-order valence-electron chi connectivity index (χ4n) is 2.05. The van der Waals surface area contributed by atoms with Crippen LogP contribution < -0.4 is 5.73 Å². The Labute approximate surface area is 121 Å². The fourth-order valence-corrected chi connectivity index (χ4v) is 3.20. The van der Waals surface area contributed by atoms with Crippen LogP contribution in [-0.2, 0) is 11.3 Å². The number of thiophene rings is 1. The number of carbonyl (C=O) groups is 1. The first kappa shape index (κ1) is 14.1. The summed E-state index contributed by atoms with van der Waals surface area (Å²) in [5, 5.41) is 0. The van der Waals surface area contributed by atoms with Crippen LogP contribution in [0.1, 0.15) is 16.5 Å². The van der Waals surface area contributed by atoms with Crippen molar-refractivity contribution in [2.24, 2.45) is 5.73 Å². The number of carbonyl (C=O) groups excluding carboxylic acids is 1. The largest absolute Gasteiger partial charge is 0.368 e. The van der Waals surface area contributed by atoms with Crippen molar-refractivity contribution in [2.45, 2.75) is 12.6 Å². The third-order valence-corrected chi connectivity index (χ3v) is 4.08. The van der Waals surface area contributed by atoms with Gasteiger partial charge in [0.2, 0.25) is 5.91 Å². The van der Waals surface area contributed by atoms with Gasteiger partial charge in [0.1, 0.15) is 6.04 Å². The molecule has 0 saturated carbocycles. The zero-order valence-corrected chi connectivity index (χ0v) is 12.1. The quantitative estimate of drug-likeness (QED) is 0.921. The molecule has 2 rings (SSSR count). The molecule has 1 atom stereocenters. The monoisotopic (exact) mass is 294 g/mol. The van der Waals surface area contributed by atoms with Crippen molar-refractivity contribution in [1.82, 2.24) is 4.90 Å². The highest BCUT2D eigenvalue weighted by Crippen LogP contribution is 2.26. The third kappa shape index (κ3) is 3.56. The molecule has 2 N–H and O–H groups in total. The lowest BCUT2D eigenvalue weighted by Gasteiger charge is -2.25. The minimum Gasteiger partial charge on any atom is -0.368 e. The van der Waals surface area contributed by atoms with E-state index in [9.17, 15) is 4.79 Å². The SMILES string of the molecule is CN(Cc1ccc(Cl)s1)[C@H](C(N)=O)c1ccccc1. The van der Waals surface area contributed by atoms with Gasteiger partial charge in [0, 0.05) is 11.4 Å². The lowest BCUT2D eigenvalue weighted by molar-refractivity contribution is -0.123. The number of primary amides is 1. The second-order valence-corrected chi connectivity index (χ2v) is 6.14. The summed E-state index contributed by atoms with van der Waals surface area (Å²) in [5.74, 6) is -0.351. The van der Waals surface area contributed by atoms with Gasteiger partial charge >= 0.3 is 0 Å². The molecule has 3 nitrogen and oxygen atoms in total. The normalized spacial score (nSPS) is 12.6. The van der Waals surface area contributed by atoms with Gasteiger partial charge in [-0.25, -0.2) is 0 Å². The van der Waals surface area contributed by atoms with Crippen LogP contribution in [0.15, 0.2) is 42.5 Å². The number of hydrogen-bond acceptors (Lipinski definition) is 3. The fraction of sp³-hybridized carbons (Fsp3) is 0.214. The molecule has 2 aromatic rings. The average Bonchev–Trinajstić information content (AvgIpc) is 2.75. The molecule has 5 heteroatoms. The number of nitrogens with zero attached hydrogens (tertiary/aromatic N) is 1. The number of rotatable bonds is 5. The summed E-state index contributed by atoms with van der Waals surface area (Å²) in [4.78, 5) is 14.7. The Balaban J connectivity index is 2.18. The first-order valence-corrected chi connectivity index (χ1v) is 7.06. The van der Waals surface area contributed by atoms with Crippen LogP contribution in [0.3, 0.4) is 0 Å². The predicted molar refractivity (Wildman–Crippen MR) is 79.2 cm³/mol. The van der Waals surface area contributed by atoms with Crippen LogP contribution in [0.2, 0.25) is 4.34 Å². The molecular weight excluding hydrogens is 280 g/mol. The molecule has 0 unspecified atom stereocenters. The Bertz CT molecular complexity index is 556. The molecule has 1 amide bonds. The Kier molecular flexibility index (Phi) is 4.58. The summed E-state index contributed by atoms with van der Waals surface area (Å²) in [6, 6.07) is 12.9. The Morgan fingerprint density at radius 3 is 2.53 bits per heavy atom. The first-order valence-electron chi connectivity index (χ1n) is 5.86. The summed E-state index contributed by atoms with van der Waals surface area (Å²) >= 11 is 7.42. The predicted octanol–water partition coefficient (Wildman–Crippen LogP) is 3.06. The smallest absolute Gasteiger partial charge is 0.239 e. The van der Waals surface area contributed by atoms with Gasteiger partial charge in [-0.05, 0) is 24.7 Å². The van der Waals surface area contributed by atoms with Gasteiger partial charge < -0.3 is 5.73 Å². The van der Waals surface area contributed by atoms with Gasteiger partial charge in [-0.1, -0.05) is 41.9 Å². The van der Waals surface area contributed by atoms with E-state index >= 15 is 0 Å². The molecule has 0 aliphatic carbocycles. The Morgan fingerprint density at radius 2 is 2.00 bits per heavy atom. The lowest BCUT2D eigenvalue weighted by atomic mass is 10.1. The second kappa shape index (κ2) is 6.19. The van der Waals surface area contributed by atoms with Crippen molar-refractivity contribution in [2.75, 3.05) is 7.05 Å². The van der Waals surface area contributed by atoms with E-state index < -0.39 is 6.04 Å². The van der Waals surface area contributed by atoms with Crippen molar-refractivity contribution in [3.63, 3.8) is 0 Å².